The van der Waals surface area contributed by atoms with E-state index in [9.17, 15) is 4.79 Å². The second-order valence-corrected chi connectivity index (χ2v) is 5.35. The van der Waals surface area contributed by atoms with Crippen LogP contribution in [-0.2, 0) is 4.79 Å². The molecule has 0 saturated carbocycles. The minimum absolute atomic E-state index is 0.219. The molecule has 4 nitrogen and oxygen atoms in total. The lowest BCUT2D eigenvalue weighted by Crippen LogP contribution is -2.30. The van der Waals surface area contributed by atoms with Crippen molar-refractivity contribution in [1.82, 2.24) is 4.48 Å². The Morgan fingerprint density at radius 3 is 2.95 bits per heavy atom. The first-order chi connectivity index (χ1) is 9.56. The first-order valence-electron chi connectivity index (χ1n) is 6.86. The van der Waals surface area contributed by atoms with Gasteiger partial charge >= 0.3 is 13.5 Å². The molecule has 2 aliphatic rings. The standard InChI is InChI=1S/C15H17BN2O2/c1-10-8-11(2)17-14(10)9-13-7-6-12(18(13)16-17)4-3-5-15(19)20/h6-9H,3-5H2,1-2H3,(H,19,20)/q+1. The van der Waals surface area contributed by atoms with Crippen LogP contribution in [0.5, 0.6) is 0 Å². The van der Waals surface area contributed by atoms with Crippen LogP contribution in [-0.4, -0.2) is 33.3 Å². The summed E-state index contributed by atoms with van der Waals surface area (Å²) in [6.45, 7) is 4.22. The normalized spacial score (nSPS) is 15.8. The van der Waals surface area contributed by atoms with E-state index in [4.69, 9.17) is 5.11 Å². The van der Waals surface area contributed by atoms with Gasteiger partial charge < -0.3 is 9.58 Å². The summed E-state index contributed by atoms with van der Waals surface area (Å²) in [5, 5.41) is 8.72. The van der Waals surface area contributed by atoms with Gasteiger partial charge in [0.15, 0.2) is 11.4 Å². The Balaban J connectivity index is 1.87. The van der Waals surface area contributed by atoms with Crippen molar-refractivity contribution in [3.05, 3.63) is 40.9 Å². The van der Waals surface area contributed by atoms with E-state index in [0.717, 1.165) is 17.8 Å². The highest BCUT2D eigenvalue weighted by atomic mass is 16.4. The van der Waals surface area contributed by atoms with Gasteiger partial charge in [0.25, 0.3) is 0 Å². The summed E-state index contributed by atoms with van der Waals surface area (Å²) in [5.74, 6) is -0.731. The second kappa shape index (κ2) is 4.82. The first kappa shape index (κ1) is 13.0. The molecule has 0 bridgehead atoms. The molecule has 0 aromatic carbocycles. The Kier molecular flexibility index (Phi) is 3.12. The van der Waals surface area contributed by atoms with E-state index >= 15 is 0 Å². The molecular formula is C15H17BN2O2+. The molecule has 0 atom stereocenters. The largest absolute Gasteiger partial charge is 0.699 e. The van der Waals surface area contributed by atoms with Gasteiger partial charge in [-0.2, -0.15) is 0 Å². The zero-order valence-corrected chi connectivity index (χ0v) is 11.8. The number of hydrogen-bond acceptors (Lipinski definition) is 1. The number of nitrogens with zero attached hydrogens (tertiary/aromatic N) is 2. The van der Waals surface area contributed by atoms with E-state index in [2.05, 4.69) is 54.7 Å². The summed E-state index contributed by atoms with van der Waals surface area (Å²) in [7, 11) is 2.10. The van der Waals surface area contributed by atoms with Gasteiger partial charge in [-0.15, -0.1) is 0 Å². The molecule has 0 aliphatic carbocycles. The van der Waals surface area contributed by atoms with Crippen LogP contribution in [0, 0.1) is 13.8 Å². The van der Waals surface area contributed by atoms with Crippen LogP contribution in [0.4, 0.5) is 0 Å². The van der Waals surface area contributed by atoms with Gasteiger partial charge in [-0.25, -0.2) is 0 Å². The minimum atomic E-state index is -0.731. The number of carbonyl (C=O) groups is 1. The third kappa shape index (κ3) is 2.13. The molecule has 0 saturated heterocycles. The molecule has 0 fully saturated rings. The number of aromatic nitrogens is 1. The van der Waals surface area contributed by atoms with Crippen molar-refractivity contribution >= 4 is 25.3 Å². The highest BCUT2D eigenvalue weighted by molar-refractivity contribution is 6.28. The van der Waals surface area contributed by atoms with E-state index in [1.54, 1.807) is 0 Å². The molecule has 1 aromatic rings. The van der Waals surface area contributed by atoms with Gasteiger partial charge in [-0.1, -0.05) is 0 Å². The van der Waals surface area contributed by atoms with Crippen LogP contribution in [0.25, 0.3) is 6.08 Å². The molecular weight excluding hydrogens is 251 g/mol. The third-order valence-electron chi connectivity index (χ3n) is 3.84. The van der Waals surface area contributed by atoms with Crippen molar-refractivity contribution in [2.45, 2.75) is 33.1 Å². The van der Waals surface area contributed by atoms with E-state index in [1.807, 2.05) is 0 Å². The Bertz CT molecular complexity index is 680. The molecule has 0 amide bonds. The van der Waals surface area contributed by atoms with Crippen molar-refractivity contribution in [3.8, 4) is 0 Å². The number of fused-ring (bicyclic) bond motifs is 2. The summed E-state index contributed by atoms with van der Waals surface area (Å²) in [6, 6.07) is 2.18. The summed E-state index contributed by atoms with van der Waals surface area (Å²) in [4.78, 5) is 10.6. The van der Waals surface area contributed by atoms with Crippen LogP contribution in [0.2, 0.25) is 0 Å². The topological polar surface area (TPSA) is 45.2 Å². The molecule has 101 valence electrons. The lowest BCUT2D eigenvalue weighted by Gasteiger charge is -2.12. The Hall–Kier alpha value is -2.04. The van der Waals surface area contributed by atoms with E-state index in [1.165, 1.54) is 17.0 Å². The average Bonchev–Trinajstić information content (AvgIpc) is 2.90. The fourth-order valence-electron chi connectivity index (χ4n) is 2.82. The Morgan fingerprint density at radius 2 is 2.20 bits per heavy atom. The van der Waals surface area contributed by atoms with Crippen LogP contribution >= 0.6 is 0 Å². The second-order valence-electron chi connectivity index (χ2n) is 5.35. The maximum absolute atomic E-state index is 10.6. The van der Waals surface area contributed by atoms with E-state index in [0.29, 0.717) is 6.42 Å². The van der Waals surface area contributed by atoms with Crippen molar-refractivity contribution in [3.63, 3.8) is 0 Å². The van der Waals surface area contributed by atoms with Gasteiger partial charge in [0.05, 0.1) is 0 Å². The third-order valence-corrected chi connectivity index (χ3v) is 3.84. The zero-order chi connectivity index (χ0) is 14.3. The summed E-state index contributed by atoms with van der Waals surface area (Å²) >= 11 is 0. The van der Waals surface area contributed by atoms with Crippen molar-refractivity contribution < 1.29 is 14.4 Å². The lowest BCUT2D eigenvalue weighted by atomic mass is 10.0. The monoisotopic (exact) mass is 268 g/mol. The average molecular weight is 268 g/mol. The SMILES string of the molecule is Cc1cc(C)n2c1C=C1C=CC(CCCC(=O)O)=[N+]1[B]2. The molecule has 1 aromatic heterocycles. The van der Waals surface area contributed by atoms with Crippen molar-refractivity contribution in [1.29, 1.82) is 0 Å². The number of rotatable bonds is 4. The Labute approximate surface area is 119 Å². The number of aliphatic carboxylic acids is 1. The minimum Gasteiger partial charge on any atom is -0.481 e. The molecule has 0 spiro atoms. The Morgan fingerprint density at radius 1 is 1.40 bits per heavy atom. The first-order valence-corrected chi connectivity index (χ1v) is 6.86. The summed E-state index contributed by atoms with van der Waals surface area (Å²) in [5.41, 5.74) is 6.03. The van der Waals surface area contributed by atoms with Gasteiger partial charge in [0, 0.05) is 42.5 Å². The fourth-order valence-corrected chi connectivity index (χ4v) is 2.82. The number of aryl methyl sites for hydroxylation is 2. The number of allylic oxidation sites excluding steroid dienone is 2. The van der Waals surface area contributed by atoms with Gasteiger partial charge in [-0.05, 0) is 31.9 Å². The van der Waals surface area contributed by atoms with Crippen molar-refractivity contribution in [2.24, 2.45) is 0 Å². The van der Waals surface area contributed by atoms with Crippen LogP contribution in [0.1, 0.15) is 36.2 Å². The van der Waals surface area contributed by atoms with Crippen LogP contribution < -0.4 is 0 Å². The number of hydrogen-bond donors (Lipinski definition) is 1. The fraction of sp³-hybridized carbons (Fsp3) is 0.333. The van der Waals surface area contributed by atoms with Crippen LogP contribution in [0.15, 0.2) is 23.9 Å². The molecule has 3 rings (SSSR count). The van der Waals surface area contributed by atoms with Gasteiger partial charge in [-0.3, -0.25) is 9.28 Å². The molecule has 0 unspecified atom stereocenters. The zero-order valence-electron chi connectivity index (χ0n) is 11.8. The molecule has 3 heterocycles. The van der Waals surface area contributed by atoms with E-state index in [-0.39, 0.29) is 6.42 Å². The van der Waals surface area contributed by atoms with Gasteiger partial charge in [0.2, 0.25) is 0 Å². The lowest BCUT2D eigenvalue weighted by molar-refractivity contribution is -0.314. The maximum Gasteiger partial charge on any atom is 0.699 e. The highest BCUT2D eigenvalue weighted by Crippen LogP contribution is 2.25. The molecule has 20 heavy (non-hydrogen) atoms. The molecule has 1 radical (unpaired) electrons. The predicted octanol–water partition coefficient (Wildman–Crippen LogP) is 2.12. The molecule has 2 aliphatic heterocycles. The van der Waals surface area contributed by atoms with Gasteiger partial charge in [0.1, 0.15) is 0 Å². The van der Waals surface area contributed by atoms with Crippen molar-refractivity contribution in [2.75, 3.05) is 0 Å². The highest BCUT2D eigenvalue weighted by Gasteiger charge is 2.33. The molecule has 5 heteroatoms. The quantitative estimate of drug-likeness (QED) is 0.850. The summed E-state index contributed by atoms with van der Waals surface area (Å²) < 4.78 is 4.34. The summed E-state index contributed by atoms with van der Waals surface area (Å²) in [6.07, 6.45) is 8.04. The maximum atomic E-state index is 10.6. The smallest absolute Gasteiger partial charge is 0.481 e. The predicted molar refractivity (Wildman–Crippen MR) is 78.9 cm³/mol. The number of carboxylic acid groups (broad SMARTS) is 1. The van der Waals surface area contributed by atoms with Crippen LogP contribution in [0.3, 0.4) is 0 Å². The van der Waals surface area contributed by atoms with E-state index < -0.39 is 5.97 Å². The number of carboxylic acids is 1. The molecule has 1 N–H and O–H groups in total.